The summed E-state index contributed by atoms with van der Waals surface area (Å²) in [6.07, 6.45) is 8.49. The van der Waals surface area contributed by atoms with Crippen LogP contribution in [-0.4, -0.2) is 60.6 Å². The standard InChI is InChI=1S/C15H29N3/c1-2-16-14-7-3-8-15(14)18-11-5-10-17-9-4-6-13(17)12-18/h13-16H,2-12H2,1H3. The van der Waals surface area contributed by atoms with Crippen LogP contribution in [-0.2, 0) is 0 Å². The Hall–Kier alpha value is -0.120. The van der Waals surface area contributed by atoms with Crippen molar-refractivity contribution in [2.45, 2.75) is 63.6 Å². The maximum atomic E-state index is 3.72. The zero-order valence-corrected chi connectivity index (χ0v) is 11.9. The first-order chi connectivity index (χ1) is 8.88. The molecule has 3 heteroatoms. The summed E-state index contributed by atoms with van der Waals surface area (Å²) in [6, 6.07) is 2.46. The van der Waals surface area contributed by atoms with Gasteiger partial charge in [0.1, 0.15) is 0 Å². The van der Waals surface area contributed by atoms with Gasteiger partial charge in [-0.05, 0) is 58.3 Å². The van der Waals surface area contributed by atoms with E-state index in [1.165, 1.54) is 64.7 Å². The van der Waals surface area contributed by atoms with Gasteiger partial charge in [0.25, 0.3) is 0 Å². The Morgan fingerprint density at radius 3 is 2.67 bits per heavy atom. The van der Waals surface area contributed by atoms with Crippen LogP contribution in [0.25, 0.3) is 0 Å². The molecular weight excluding hydrogens is 222 g/mol. The van der Waals surface area contributed by atoms with Crippen molar-refractivity contribution in [3.63, 3.8) is 0 Å². The number of hydrogen-bond donors (Lipinski definition) is 1. The second-order valence-corrected chi connectivity index (χ2v) is 6.34. The van der Waals surface area contributed by atoms with Crippen LogP contribution < -0.4 is 5.32 Å². The fraction of sp³-hybridized carbons (Fsp3) is 1.00. The van der Waals surface area contributed by atoms with Crippen LogP contribution in [0.4, 0.5) is 0 Å². The van der Waals surface area contributed by atoms with Crippen LogP contribution in [0.2, 0.25) is 0 Å². The van der Waals surface area contributed by atoms with Gasteiger partial charge >= 0.3 is 0 Å². The molecule has 1 N–H and O–H groups in total. The fourth-order valence-corrected chi connectivity index (χ4v) is 4.41. The van der Waals surface area contributed by atoms with Gasteiger partial charge in [-0.3, -0.25) is 9.80 Å². The number of nitrogens with one attached hydrogen (secondary N) is 1. The van der Waals surface area contributed by atoms with E-state index in [4.69, 9.17) is 0 Å². The van der Waals surface area contributed by atoms with Crippen molar-refractivity contribution in [3.8, 4) is 0 Å². The molecule has 3 atom stereocenters. The highest BCUT2D eigenvalue weighted by Crippen LogP contribution is 2.28. The van der Waals surface area contributed by atoms with Crippen molar-refractivity contribution in [3.05, 3.63) is 0 Å². The van der Waals surface area contributed by atoms with Crippen LogP contribution in [0.15, 0.2) is 0 Å². The summed E-state index contributed by atoms with van der Waals surface area (Å²) in [5.41, 5.74) is 0. The molecule has 2 aliphatic heterocycles. The van der Waals surface area contributed by atoms with Crippen molar-refractivity contribution in [2.24, 2.45) is 0 Å². The van der Waals surface area contributed by atoms with E-state index in [1.54, 1.807) is 0 Å². The third-order valence-corrected chi connectivity index (χ3v) is 5.25. The Morgan fingerprint density at radius 1 is 0.944 bits per heavy atom. The molecule has 2 heterocycles. The van der Waals surface area contributed by atoms with Crippen LogP contribution in [0.3, 0.4) is 0 Å². The molecule has 18 heavy (non-hydrogen) atoms. The minimum absolute atomic E-state index is 0.767. The van der Waals surface area contributed by atoms with Gasteiger partial charge in [-0.15, -0.1) is 0 Å². The lowest BCUT2D eigenvalue weighted by Crippen LogP contribution is -2.49. The zero-order valence-electron chi connectivity index (χ0n) is 11.9. The van der Waals surface area contributed by atoms with Gasteiger partial charge < -0.3 is 5.32 Å². The van der Waals surface area contributed by atoms with Gasteiger partial charge in [0, 0.05) is 24.7 Å². The molecule has 1 saturated carbocycles. The number of likely N-dealkylation sites (N-methyl/N-ethyl adjacent to an activating group) is 1. The van der Waals surface area contributed by atoms with Gasteiger partial charge in [-0.2, -0.15) is 0 Å². The molecule has 0 spiro atoms. The van der Waals surface area contributed by atoms with Gasteiger partial charge in [0.2, 0.25) is 0 Å². The molecule has 3 aliphatic rings. The molecule has 0 aromatic carbocycles. The molecule has 1 aliphatic carbocycles. The van der Waals surface area contributed by atoms with Crippen molar-refractivity contribution in [1.29, 1.82) is 0 Å². The summed E-state index contributed by atoms with van der Waals surface area (Å²) in [4.78, 5) is 5.58. The van der Waals surface area contributed by atoms with Crippen molar-refractivity contribution >= 4 is 0 Å². The predicted octanol–water partition coefficient (Wildman–Crippen LogP) is 1.69. The summed E-state index contributed by atoms with van der Waals surface area (Å²) in [6.45, 7) is 8.76. The smallest absolute Gasteiger partial charge is 0.0250 e. The minimum Gasteiger partial charge on any atom is -0.313 e. The van der Waals surface area contributed by atoms with E-state index in [-0.39, 0.29) is 0 Å². The van der Waals surface area contributed by atoms with E-state index in [9.17, 15) is 0 Å². The first-order valence-corrected chi connectivity index (χ1v) is 8.10. The third-order valence-electron chi connectivity index (χ3n) is 5.25. The fourth-order valence-electron chi connectivity index (χ4n) is 4.41. The maximum Gasteiger partial charge on any atom is 0.0250 e. The average molecular weight is 251 g/mol. The highest BCUT2D eigenvalue weighted by atomic mass is 15.3. The lowest BCUT2D eigenvalue weighted by molar-refractivity contribution is 0.155. The highest BCUT2D eigenvalue weighted by Gasteiger charge is 2.36. The minimum atomic E-state index is 0.767. The SMILES string of the molecule is CCNC1CCCC1N1CCCN2CCCC2C1. The third kappa shape index (κ3) is 2.59. The first-order valence-electron chi connectivity index (χ1n) is 8.10. The second-order valence-electron chi connectivity index (χ2n) is 6.34. The predicted molar refractivity (Wildman–Crippen MR) is 75.9 cm³/mol. The Kier molecular flexibility index (Phi) is 4.22. The Labute approximate surface area is 112 Å². The first kappa shape index (κ1) is 12.9. The second kappa shape index (κ2) is 5.89. The number of fused-ring (bicyclic) bond motifs is 1. The van der Waals surface area contributed by atoms with E-state index >= 15 is 0 Å². The average Bonchev–Trinajstić information content (AvgIpc) is 2.95. The maximum absolute atomic E-state index is 3.72. The summed E-state index contributed by atoms with van der Waals surface area (Å²) >= 11 is 0. The molecule has 2 saturated heterocycles. The van der Waals surface area contributed by atoms with Crippen molar-refractivity contribution in [1.82, 2.24) is 15.1 Å². The van der Waals surface area contributed by atoms with Gasteiger partial charge in [0.05, 0.1) is 0 Å². The molecule has 0 radical (unpaired) electrons. The number of hydrogen-bond acceptors (Lipinski definition) is 3. The molecule has 104 valence electrons. The van der Waals surface area contributed by atoms with Crippen molar-refractivity contribution in [2.75, 3.05) is 32.7 Å². The highest BCUT2D eigenvalue weighted by molar-refractivity contribution is 4.94. The quantitative estimate of drug-likeness (QED) is 0.823. The number of nitrogens with zero attached hydrogens (tertiary/aromatic N) is 2. The van der Waals surface area contributed by atoms with Gasteiger partial charge in [-0.1, -0.05) is 13.3 Å². The number of rotatable bonds is 3. The molecule has 0 bridgehead atoms. The van der Waals surface area contributed by atoms with E-state index in [0.717, 1.165) is 24.7 Å². The summed E-state index contributed by atoms with van der Waals surface area (Å²) < 4.78 is 0. The van der Waals surface area contributed by atoms with Gasteiger partial charge in [-0.25, -0.2) is 0 Å². The summed E-state index contributed by atoms with van der Waals surface area (Å²) in [7, 11) is 0. The van der Waals surface area contributed by atoms with E-state index in [0.29, 0.717) is 0 Å². The van der Waals surface area contributed by atoms with E-state index < -0.39 is 0 Å². The van der Waals surface area contributed by atoms with Crippen LogP contribution in [0.1, 0.15) is 45.4 Å². The van der Waals surface area contributed by atoms with Crippen LogP contribution in [0, 0.1) is 0 Å². The van der Waals surface area contributed by atoms with Gasteiger partial charge in [0.15, 0.2) is 0 Å². The Bertz CT molecular complexity index is 268. The summed E-state index contributed by atoms with van der Waals surface area (Å²) in [5, 5.41) is 3.72. The van der Waals surface area contributed by atoms with Crippen LogP contribution >= 0.6 is 0 Å². The molecule has 3 unspecified atom stereocenters. The Balaban J connectivity index is 1.63. The molecule has 0 aromatic heterocycles. The van der Waals surface area contributed by atoms with Crippen molar-refractivity contribution < 1.29 is 0 Å². The normalized spacial score (nSPS) is 38.8. The lowest BCUT2D eigenvalue weighted by atomic mass is 10.1. The molecule has 3 rings (SSSR count). The topological polar surface area (TPSA) is 18.5 Å². The molecule has 3 nitrogen and oxygen atoms in total. The van der Waals surface area contributed by atoms with Crippen LogP contribution in [0.5, 0.6) is 0 Å². The molecular formula is C15H29N3. The largest absolute Gasteiger partial charge is 0.313 e. The summed E-state index contributed by atoms with van der Waals surface area (Å²) in [5.74, 6) is 0. The molecule has 0 amide bonds. The molecule has 0 aromatic rings. The molecule has 3 fully saturated rings. The monoisotopic (exact) mass is 251 g/mol. The Morgan fingerprint density at radius 2 is 1.78 bits per heavy atom. The lowest BCUT2D eigenvalue weighted by Gasteiger charge is -2.34. The van der Waals surface area contributed by atoms with E-state index in [1.807, 2.05) is 0 Å². The zero-order chi connectivity index (χ0) is 12.4. The van der Waals surface area contributed by atoms with E-state index in [2.05, 4.69) is 22.0 Å².